The van der Waals surface area contributed by atoms with E-state index in [4.69, 9.17) is 21.4 Å². The van der Waals surface area contributed by atoms with Crippen LogP contribution in [0.4, 0.5) is 0 Å². The van der Waals surface area contributed by atoms with E-state index in [2.05, 4.69) is 4.98 Å². The van der Waals surface area contributed by atoms with Crippen LogP contribution < -0.4 is 4.74 Å². The summed E-state index contributed by atoms with van der Waals surface area (Å²) in [5, 5.41) is 9.64. The topological polar surface area (TPSA) is 42.4 Å². The molecule has 0 fully saturated rings. The molecule has 4 heteroatoms. The van der Waals surface area contributed by atoms with E-state index in [0.29, 0.717) is 16.7 Å². The van der Waals surface area contributed by atoms with Crippen LogP contribution in [0.1, 0.15) is 11.1 Å². The summed E-state index contributed by atoms with van der Waals surface area (Å²) in [4.78, 5) is 4.08. The number of hydrogen-bond donors (Lipinski definition) is 1. The molecule has 1 aromatic heterocycles. The Morgan fingerprint density at radius 1 is 1.29 bits per heavy atom. The standard InChI is InChI=1S/C13H12ClNO2/c1-9-2-3-11(14)7-12(9)17-13-6-10(8-16)4-5-15-13/h2-7,16H,8H2,1H3. The Kier molecular flexibility index (Phi) is 3.61. The van der Waals surface area contributed by atoms with Crippen LogP contribution in [0.2, 0.25) is 5.02 Å². The molecule has 88 valence electrons. The molecule has 0 spiro atoms. The third-order valence-electron chi connectivity index (χ3n) is 2.35. The number of benzene rings is 1. The highest BCUT2D eigenvalue weighted by atomic mass is 35.5. The van der Waals surface area contributed by atoms with Crippen molar-refractivity contribution in [3.8, 4) is 11.6 Å². The largest absolute Gasteiger partial charge is 0.439 e. The third kappa shape index (κ3) is 2.96. The molecule has 0 aliphatic carbocycles. The molecule has 1 heterocycles. The Hall–Kier alpha value is -1.58. The van der Waals surface area contributed by atoms with Gasteiger partial charge in [-0.3, -0.25) is 0 Å². The molecule has 17 heavy (non-hydrogen) atoms. The highest BCUT2D eigenvalue weighted by molar-refractivity contribution is 6.30. The summed E-state index contributed by atoms with van der Waals surface area (Å²) in [6.45, 7) is 1.90. The van der Waals surface area contributed by atoms with Crippen molar-refractivity contribution in [1.29, 1.82) is 0 Å². The summed E-state index contributed by atoms with van der Waals surface area (Å²) < 4.78 is 5.63. The molecule has 0 aliphatic heterocycles. The van der Waals surface area contributed by atoms with Gasteiger partial charge in [0, 0.05) is 17.3 Å². The van der Waals surface area contributed by atoms with E-state index in [-0.39, 0.29) is 6.61 Å². The Morgan fingerprint density at radius 3 is 2.88 bits per heavy atom. The molecule has 0 aliphatic rings. The van der Waals surface area contributed by atoms with Crippen LogP contribution in [-0.2, 0) is 6.61 Å². The molecule has 2 rings (SSSR count). The minimum Gasteiger partial charge on any atom is -0.439 e. The first-order chi connectivity index (χ1) is 8.19. The van der Waals surface area contributed by atoms with Gasteiger partial charge in [0.05, 0.1) is 6.61 Å². The minimum absolute atomic E-state index is 0.0343. The van der Waals surface area contributed by atoms with Gasteiger partial charge in [0.15, 0.2) is 0 Å². The lowest BCUT2D eigenvalue weighted by Crippen LogP contribution is -1.92. The molecule has 0 atom stereocenters. The second-order valence-electron chi connectivity index (χ2n) is 3.67. The van der Waals surface area contributed by atoms with Crippen LogP contribution in [0, 0.1) is 6.92 Å². The highest BCUT2D eigenvalue weighted by Crippen LogP contribution is 2.27. The average molecular weight is 250 g/mol. The van der Waals surface area contributed by atoms with Crippen molar-refractivity contribution >= 4 is 11.6 Å². The monoisotopic (exact) mass is 249 g/mol. The number of pyridine rings is 1. The van der Waals surface area contributed by atoms with Gasteiger partial charge in [0.1, 0.15) is 5.75 Å². The van der Waals surface area contributed by atoms with Crippen molar-refractivity contribution in [2.45, 2.75) is 13.5 Å². The van der Waals surface area contributed by atoms with E-state index in [9.17, 15) is 0 Å². The maximum Gasteiger partial charge on any atom is 0.219 e. The van der Waals surface area contributed by atoms with Gasteiger partial charge in [-0.25, -0.2) is 4.98 Å². The zero-order valence-electron chi connectivity index (χ0n) is 9.35. The highest BCUT2D eigenvalue weighted by Gasteiger charge is 2.04. The molecular weight excluding hydrogens is 238 g/mol. The number of hydrogen-bond acceptors (Lipinski definition) is 3. The number of aliphatic hydroxyl groups is 1. The number of aryl methyl sites for hydroxylation is 1. The minimum atomic E-state index is -0.0343. The summed E-state index contributed by atoms with van der Waals surface area (Å²) in [7, 11) is 0. The first-order valence-corrected chi connectivity index (χ1v) is 5.56. The Bertz CT molecular complexity index is 529. The molecule has 0 unspecified atom stereocenters. The van der Waals surface area contributed by atoms with Crippen molar-refractivity contribution < 1.29 is 9.84 Å². The fraction of sp³-hybridized carbons (Fsp3) is 0.154. The third-order valence-corrected chi connectivity index (χ3v) is 2.58. The summed E-state index contributed by atoms with van der Waals surface area (Å²) in [6, 6.07) is 8.86. The second kappa shape index (κ2) is 5.17. The molecule has 0 saturated carbocycles. The Morgan fingerprint density at radius 2 is 2.12 bits per heavy atom. The predicted octanol–water partition coefficient (Wildman–Crippen LogP) is 3.33. The average Bonchev–Trinajstić information content (AvgIpc) is 2.34. The zero-order valence-corrected chi connectivity index (χ0v) is 10.1. The lowest BCUT2D eigenvalue weighted by atomic mass is 10.2. The van der Waals surface area contributed by atoms with E-state index >= 15 is 0 Å². The van der Waals surface area contributed by atoms with Gasteiger partial charge in [-0.15, -0.1) is 0 Å². The van der Waals surface area contributed by atoms with Crippen LogP contribution >= 0.6 is 11.6 Å². The first-order valence-electron chi connectivity index (χ1n) is 5.19. The van der Waals surface area contributed by atoms with Crippen LogP contribution in [0.15, 0.2) is 36.5 Å². The lowest BCUT2D eigenvalue weighted by molar-refractivity contribution is 0.281. The fourth-order valence-electron chi connectivity index (χ4n) is 1.40. The van der Waals surface area contributed by atoms with E-state index in [1.165, 1.54) is 0 Å². The number of aromatic nitrogens is 1. The fourth-order valence-corrected chi connectivity index (χ4v) is 1.56. The maximum atomic E-state index is 9.02. The number of aliphatic hydroxyl groups excluding tert-OH is 1. The van der Waals surface area contributed by atoms with Gasteiger partial charge in [0.2, 0.25) is 5.88 Å². The Labute approximate surface area is 105 Å². The van der Waals surface area contributed by atoms with Gasteiger partial charge < -0.3 is 9.84 Å². The number of halogens is 1. The van der Waals surface area contributed by atoms with Crippen LogP contribution in [0.25, 0.3) is 0 Å². The summed E-state index contributed by atoms with van der Waals surface area (Å²) in [5.41, 5.74) is 1.74. The zero-order chi connectivity index (χ0) is 12.3. The van der Waals surface area contributed by atoms with E-state index in [1.54, 1.807) is 30.5 Å². The van der Waals surface area contributed by atoms with E-state index in [1.807, 2.05) is 13.0 Å². The second-order valence-corrected chi connectivity index (χ2v) is 4.11. The Balaban J connectivity index is 2.27. The maximum absolute atomic E-state index is 9.02. The van der Waals surface area contributed by atoms with Gasteiger partial charge in [-0.05, 0) is 36.2 Å². The molecule has 1 aromatic carbocycles. The van der Waals surface area contributed by atoms with Gasteiger partial charge in [0.25, 0.3) is 0 Å². The molecule has 0 bridgehead atoms. The van der Waals surface area contributed by atoms with Gasteiger partial charge in [-0.1, -0.05) is 17.7 Å². The van der Waals surface area contributed by atoms with Crippen LogP contribution in [0.3, 0.4) is 0 Å². The summed E-state index contributed by atoms with van der Waals surface area (Å²) in [6.07, 6.45) is 1.60. The van der Waals surface area contributed by atoms with Crippen molar-refractivity contribution in [1.82, 2.24) is 4.98 Å². The van der Waals surface area contributed by atoms with Crippen molar-refractivity contribution in [3.05, 3.63) is 52.7 Å². The molecule has 0 amide bonds. The summed E-state index contributed by atoms with van der Waals surface area (Å²) >= 11 is 5.90. The molecule has 0 radical (unpaired) electrons. The van der Waals surface area contributed by atoms with E-state index in [0.717, 1.165) is 11.1 Å². The molecule has 2 aromatic rings. The molecule has 0 saturated heterocycles. The summed E-state index contributed by atoms with van der Waals surface area (Å²) in [5.74, 6) is 1.11. The number of nitrogens with zero attached hydrogens (tertiary/aromatic N) is 1. The van der Waals surface area contributed by atoms with Crippen molar-refractivity contribution in [2.24, 2.45) is 0 Å². The first kappa shape index (κ1) is 11.9. The lowest BCUT2D eigenvalue weighted by Gasteiger charge is -2.08. The molecular formula is C13H12ClNO2. The molecule has 3 nitrogen and oxygen atoms in total. The van der Waals surface area contributed by atoms with Crippen LogP contribution in [-0.4, -0.2) is 10.1 Å². The van der Waals surface area contributed by atoms with Gasteiger partial charge in [-0.2, -0.15) is 0 Å². The van der Waals surface area contributed by atoms with Gasteiger partial charge >= 0.3 is 0 Å². The number of ether oxygens (including phenoxy) is 1. The molecule has 1 N–H and O–H groups in total. The number of rotatable bonds is 3. The SMILES string of the molecule is Cc1ccc(Cl)cc1Oc1cc(CO)ccn1. The predicted molar refractivity (Wildman–Crippen MR) is 66.4 cm³/mol. The van der Waals surface area contributed by atoms with Crippen molar-refractivity contribution in [3.63, 3.8) is 0 Å². The smallest absolute Gasteiger partial charge is 0.219 e. The van der Waals surface area contributed by atoms with Crippen molar-refractivity contribution in [2.75, 3.05) is 0 Å². The quantitative estimate of drug-likeness (QED) is 0.907. The normalized spacial score (nSPS) is 10.3. The van der Waals surface area contributed by atoms with Crippen LogP contribution in [0.5, 0.6) is 11.6 Å². The van der Waals surface area contributed by atoms with E-state index < -0.39 is 0 Å².